The SMILES string of the molecule is COCCn1c(=NC(=O)COc2ccc(C)cc2)sc2cc(Cl)ccc21. The average Bonchev–Trinajstić information content (AvgIpc) is 2.95. The third kappa shape index (κ3) is 4.52. The molecule has 0 aliphatic carbocycles. The fourth-order valence-electron chi connectivity index (χ4n) is 2.45. The second-order valence-electron chi connectivity index (χ2n) is 5.75. The first-order chi connectivity index (χ1) is 12.6. The van der Waals surface area contributed by atoms with E-state index in [4.69, 9.17) is 21.1 Å². The summed E-state index contributed by atoms with van der Waals surface area (Å²) < 4.78 is 13.6. The Kier molecular flexibility index (Phi) is 6.08. The van der Waals surface area contributed by atoms with Gasteiger partial charge < -0.3 is 14.0 Å². The van der Waals surface area contributed by atoms with Crippen molar-refractivity contribution in [2.24, 2.45) is 4.99 Å². The number of hydrogen-bond donors (Lipinski definition) is 0. The first kappa shape index (κ1) is 18.6. The van der Waals surface area contributed by atoms with Gasteiger partial charge in [-0.3, -0.25) is 4.79 Å². The number of halogens is 1. The van der Waals surface area contributed by atoms with Crippen molar-refractivity contribution in [2.75, 3.05) is 20.3 Å². The zero-order valence-corrected chi connectivity index (χ0v) is 16.1. The van der Waals surface area contributed by atoms with Gasteiger partial charge in [-0.2, -0.15) is 4.99 Å². The lowest BCUT2D eigenvalue weighted by molar-refractivity contribution is -0.120. The molecule has 0 fully saturated rings. The van der Waals surface area contributed by atoms with Gasteiger partial charge in [-0.15, -0.1) is 0 Å². The molecule has 1 heterocycles. The molecule has 0 radical (unpaired) electrons. The molecule has 0 unspecified atom stereocenters. The van der Waals surface area contributed by atoms with Crippen molar-refractivity contribution >= 4 is 39.1 Å². The number of carbonyl (C=O) groups excluding carboxylic acids is 1. The third-order valence-corrected chi connectivity index (χ3v) is 5.04. The maximum Gasteiger partial charge on any atom is 0.286 e. The highest BCUT2D eigenvalue weighted by atomic mass is 35.5. The number of amides is 1. The lowest BCUT2D eigenvalue weighted by atomic mass is 10.2. The van der Waals surface area contributed by atoms with Crippen LogP contribution in [0.15, 0.2) is 47.5 Å². The van der Waals surface area contributed by atoms with Gasteiger partial charge in [0.25, 0.3) is 5.91 Å². The lowest BCUT2D eigenvalue weighted by Crippen LogP contribution is -2.21. The van der Waals surface area contributed by atoms with E-state index >= 15 is 0 Å². The van der Waals surface area contributed by atoms with Crippen molar-refractivity contribution in [3.8, 4) is 5.75 Å². The van der Waals surface area contributed by atoms with Crippen LogP contribution in [0.4, 0.5) is 0 Å². The summed E-state index contributed by atoms with van der Waals surface area (Å²) in [6.07, 6.45) is 0. The number of carbonyl (C=O) groups is 1. The molecule has 0 spiro atoms. The number of benzene rings is 2. The minimum atomic E-state index is -0.339. The predicted octanol–water partition coefficient (Wildman–Crippen LogP) is 3.82. The number of methoxy groups -OCH3 is 1. The number of nitrogens with zero attached hydrogens (tertiary/aromatic N) is 2. The minimum absolute atomic E-state index is 0.109. The first-order valence-corrected chi connectivity index (χ1v) is 9.31. The molecule has 0 saturated carbocycles. The molecule has 26 heavy (non-hydrogen) atoms. The summed E-state index contributed by atoms with van der Waals surface area (Å²) in [5, 5.41) is 0.651. The zero-order chi connectivity index (χ0) is 18.5. The van der Waals surface area contributed by atoms with Gasteiger partial charge in [-0.25, -0.2) is 0 Å². The van der Waals surface area contributed by atoms with Crippen molar-refractivity contribution in [3.05, 3.63) is 57.9 Å². The summed E-state index contributed by atoms with van der Waals surface area (Å²) >= 11 is 7.49. The molecule has 136 valence electrons. The monoisotopic (exact) mass is 390 g/mol. The number of rotatable bonds is 6. The van der Waals surface area contributed by atoms with Gasteiger partial charge in [-0.05, 0) is 37.3 Å². The Hall–Kier alpha value is -2.15. The zero-order valence-electron chi connectivity index (χ0n) is 14.6. The largest absolute Gasteiger partial charge is 0.484 e. The van der Waals surface area contributed by atoms with E-state index in [9.17, 15) is 4.79 Å². The molecule has 1 amide bonds. The van der Waals surface area contributed by atoms with Crippen LogP contribution in [-0.4, -0.2) is 30.8 Å². The van der Waals surface area contributed by atoms with Crippen molar-refractivity contribution in [1.29, 1.82) is 0 Å². The standard InChI is InChI=1S/C19H19ClN2O3S/c1-13-3-6-15(7-4-13)25-12-18(23)21-19-22(9-10-24-2)16-8-5-14(20)11-17(16)26-19/h3-8,11H,9-10,12H2,1-2H3. The van der Waals surface area contributed by atoms with Crippen LogP contribution >= 0.6 is 22.9 Å². The molecule has 7 heteroatoms. The molecular weight excluding hydrogens is 372 g/mol. The molecule has 1 aromatic heterocycles. The molecule has 0 aliphatic rings. The highest BCUT2D eigenvalue weighted by molar-refractivity contribution is 7.16. The molecule has 0 aliphatic heterocycles. The fourth-order valence-corrected chi connectivity index (χ4v) is 3.80. The summed E-state index contributed by atoms with van der Waals surface area (Å²) in [5.74, 6) is 0.309. The average molecular weight is 391 g/mol. The van der Waals surface area contributed by atoms with Crippen molar-refractivity contribution in [1.82, 2.24) is 4.57 Å². The summed E-state index contributed by atoms with van der Waals surface area (Å²) in [7, 11) is 1.64. The number of thiazole rings is 1. The normalized spacial score (nSPS) is 11.9. The number of fused-ring (bicyclic) bond motifs is 1. The van der Waals surface area contributed by atoms with Gasteiger partial charge in [0.15, 0.2) is 11.4 Å². The fraction of sp³-hybridized carbons (Fsp3) is 0.263. The van der Waals surface area contributed by atoms with Crippen LogP contribution in [0.25, 0.3) is 10.2 Å². The number of aromatic nitrogens is 1. The summed E-state index contributed by atoms with van der Waals surface area (Å²) in [6.45, 7) is 3.01. The van der Waals surface area contributed by atoms with Crippen LogP contribution in [0, 0.1) is 6.92 Å². The van der Waals surface area contributed by atoms with E-state index in [0.717, 1.165) is 15.8 Å². The lowest BCUT2D eigenvalue weighted by Gasteiger charge is -2.05. The Morgan fingerprint density at radius 1 is 1.23 bits per heavy atom. The smallest absolute Gasteiger partial charge is 0.286 e. The van der Waals surface area contributed by atoms with Crippen LogP contribution < -0.4 is 9.54 Å². The van der Waals surface area contributed by atoms with E-state index in [1.54, 1.807) is 7.11 Å². The Morgan fingerprint density at radius 3 is 2.73 bits per heavy atom. The van der Waals surface area contributed by atoms with Crippen LogP contribution in [0.5, 0.6) is 5.75 Å². The van der Waals surface area contributed by atoms with Gasteiger partial charge in [0.05, 0.1) is 16.8 Å². The number of aryl methyl sites for hydroxylation is 1. The van der Waals surface area contributed by atoms with Gasteiger partial charge in [0.2, 0.25) is 0 Å². The van der Waals surface area contributed by atoms with Crippen LogP contribution in [-0.2, 0) is 16.1 Å². The molecule has 3 rings (SSSR count). The van der Waals surface area contributed by atoms with Gasteiger partial charge in [0, 0.05) is 18.7 Å². The molecule has 0 N–H and O–H groups in total. The van der Waals surface area contributed by atoms with Crippen molar-refractivity contribution in [3.63, 3.8) is 0 Å². The minimum Gasteiger partial charge on any atom is -0.484 e. The molecule has 3 aromatic rings. The van der Waals surface area contributed by atoms with Gasteiger partial charge in [0.1, 0.15) is 5.75 Å². The van der Waals surface area contributed by atoms with E-state index in [0.29, 0.717) is 28.7 Å². The van der Waals surface area contributed by atoms with Crippen LogP contribution in [0.1, 0.15) is 5.56 Å². The maximum absolute atomic E-state index is 12.3. The van der Waals surface area contributed by atoms with E-state index in [1.165, 1.54) is 11.3 Å². The Labute approximate surface area is 160 Å². The van der Waals surface area contributed by atoms with E-state index in [-0.39, 0.29) is 12.5 Å². The Balaban J connectivity index is 1.84. The van der Waals surface area contributed by atoms with E-state index < -0.39 is 0 Å². The van der Waals surface area contributed by atoms with Gasteiger partial charge in [-0.1, -0.05) is 40.6 Å². The van der Waals surface area contributed by atoms with E-state index in [2.05, 4.69) is 4.99 Å². The highest BCUT2D eigenvalue weighted by Crippen LogP contribution is 2.22. The molecule has 5 nitrogen and oxygen atoms in total. The van der Waals surface area contributed by atoms with Crippen molar-refractivity contribution < 1.29 is 14.3 Å². The molecule has 2 aromatic carbocycles. The van der Waals surface area contributed by atoms with Crippen LogP contribution in [0.2, 0.25) is 5.02 Å². The molecule has 0 saturated heterocycles. The topological polar surface area (TPSA) is 52.8 Å². The molecular formula is C19H19ClN2O3S. The van der Waals surface area contributed by atoms with Crippen molar-refractivity contribution in [2.45, 2.75) is 13.5 Å². The summed E-state index contributed by atoms with van der Waals surface area (Å²) in [4.78, 5) is 17.1. The molecule has 0 atom stereocenters. The van der Waals surface area contributed by atoms with Crippen LogP contribution in [0.3, 0.4) is 0 Å². The Morgan fingerprint density at radius 2 is 2.00 bits per heavy atom. The highest BCUT2D eigenvalue weighted by Gasteiger charge is 2.09. The molecule has 0 bridgehead atoms. The number of ether oxygens (including phenoxy) is 2. The quantitative estimate of drug-likeness (QED) is 0.643. The first-order valence-electron chi connectivity index (χ1n) is 8.11. The summed E-state index contributed by atoms with van der Waals surface area (Å²) in [6, 6.07) is 13.2. The Bertz CT molecular complexity index is 977. The second kappa shape index (κ2) is 8.49. The van der Waals surface area contributed by atoms with Gasteiger partial charge >= 0.3 is 0 Å². The predicted molar refractivity (Wildman–Crippen MR) is 104 cm³/mol. The summed E-state index contributed by atoms with van der Waals surface area (Å²) in [5.41, 5.74) is 2.11. The third-order valence-electron chi connectivity index (χ3n) is 3.77. The van der Waals surface area contributed by atoms with E-state index in [1.807, 2.05) is 54.0 Å². The second-order valence-corrected chi connectivity index (χ2v) is 7.19. The maximum atomic E-state index is 12.3. The number of hydrogen-bond acceptors (Lipinski definition) is 4.